The van der Waals surface area contributed by atoms with Crippen molar-refractivity contribution in [3.8, 4) is 0 Å². The number of aromatic nitrogens is 2. The molecule has 0 spiro atoms. The van der Waals surface area contributed by atoms with Crippen molar-refractivity contribution < 1.29 is 8.91 Å². The highest BCUT2D eigenvalue weighted by Gasteiger charge is 2.31. The topological polar surface area (TPSA) is 51.0 Å². The molecule has 1 atom stereocenters. The number of likely N-dealkylation sites (N-methyl/N-ethyl adjacent to an activating group) is 1. The van der Waals surface area contributed by atoms with Gasteiger partial charge in [-0.05, 0) is 37.9 Å². The zero-order chi connectivity index (χ0) is 14.8. The lowest BCUT2D eigenvalue weighted by molar-refractivity contribution is 0.349. The van der Waals surface area contributed by atoms with E-state index in [1.54, 1.807) is 12.1 Å². The summed E-state index contributed by atoms with van der Waals surface area (Å²) in [5.74, 6) is 1.40. The first-order valence-electron chi connectivity index (χ1n) is 7.09. The fourth-order valence-electron chi connectivity index (χ4n) is 2.50. The van der Waals surface area contributed by atoms with Gasteiger partial charge in [-0.1, -0.05) is 22.8 Å². The van der Waals surface area contributed by atoms with E-state index in [1.807, 2.05) is 7.05 Å². The SMILES string of the molecule is CNC(Cc1nc(Cc2c(F)cccc2Cl)no1)C1CC1. The molecule has 1 aromatic carbocycles. The summed E-state index contributed by atoms with van der Waals surface area (Å²) in [7, 11) is 1.94. The van der Waals surface area contributed by atoms with Gasteiger partial charge in [-0.25, -0.2) is 4.39 Å². The minimum Gasteiger partial charge on any atom is -0.339 e. The minimum absolute atomic E-state index is 0.239. The molecule has 0 bridgehead atoms. The normalized spacial score (nSPS) is 16.1. The van der Waals surface area contributed by atoms with E-state index in [1.165, 1.54) is 18.9 Å². The summed E-state index contributed by atoms with van der Waals surface area (Å²) in [5, 5.41) is 7.58. The maximum atomic E-state index is 13.7. The highest BCUT2D eigenvalue weighted by Crippen LogP contribution is 2.33. The third kappa shape index (κ3) is 3.41. The van der Waals surface area contributed by atoms with Gasteiger partial charge in [-0.15, -0.1) is 0 Å². The van der Waals surface area contributed by atoms with Gasteiger partial charge in [-0.3, -0.25) is 0 Å². The number of halogens is 2. The van der Waals surface area contributed by atoms with Gasteiger partial charge in [0, 0.05) is 29.5 Å². The van der Waals surface area contributed by atoms with Gasteiger partial charge >= 0.3 is 0 Å². The van der Waals surface area contributed by atoms with Crippen LogP contribution in [0.4, 0.5) is 4.39 Å². The van der Waals surface area contributed by atoms with E-state index in [0.29, 0.717) is 40.7 Å². The predicted molar refractivity (Wildman–Crippen MR) is 77.8 cm³/mol. The minimum atomic E-state index is -0.347. The van der Waals surface area contributed by atoms with Crippen molar-refractivity contribution in [1.82, 2.24) is 15.5 Å². The summed E-state index contributed by atoms with van der Waals surface area (Å²) in [6.07, 6.45) is 3.44. The standard InChI is InChI=1S/C15H17ClFN3O/c1-18-13(9-5-6-9)8-15-19-14(20-21-15)7-10-11(16)3-2-4-12(10)17/h2-4,9,13,18H,5-8H2,1H3. The quantitative estimate of drug-likeness (QED) is 0.891. The second-order valence-electron chi connectivity index (χ2n) is 5.42. The van der Waals surface area contributed by atoms with Crippen LogP contribution in [0.2, 0.25) is 5.02 Å². The summed E-state index contributed by atoms with van der Waals surface area (Å²) in [6.45, 7) is 0. The van der Waals surface area contributed by atoms with Crippen LogP contribution < -0.4 is 5.32 Å². The fourth-order valence-corrected chi connectivity index (χ4v) is 2.73. The molecule has 1 saturated carbocycles. The molecule has 0 aliphatic heterocycles. The Morgan fingerprint density at radius 3 is 2.95 bits per heavy atom. The van der Waals surface area contributed by atoms with E-state index in [2.05, 4.69) is 15.5 Å². The molecular weight excluding hydrogens is 293 g/mol. The van der Waals surface area contributed by atoms with Gasteiger partial charge in [0.2, 0.25) is 5.89 Å². The first-order valence-corrected chi connectivity index (χ1v) is 7.46. The van der Waals surface area contributed by atoms with Crippen molar-refractivity contribution in [2.24, 2.45) is 5.92 Å². The van der Waals surface area contributed by atoms with E-state index >= 15 is 0 Å². The summed E-state index contributed by atoms with van der Waals surface area (Å²) < 4.78 is 19.0. The van der Waals surface area contributed by atoms with Gasteiger partial charge in [0.15, 0.2) is 5.82 Å². The van der Waals surface area contributed by atoms with Crippen molar-refractivity contribution in [1.29, 1.82) is 0 Å². The predicted octanol–water partition coefficient (Wildman–Crippen LogP) is 2.99. The molecule has 0 saturated heterocycles. The molecule has 6 heteroatoms. The van der Waals surface area contributed by atoms with Crippen LogP contribution in [0.15, 0.2) is 22.7 Å². The molecule has 0 radical (unpaired) electrons. The maximum absolute atomic E-state index is 13.7. The van der Waals surface area contributed by atoms with Crippen LogP contribution in [-0.2, 0) is 12.8 Å². The average Bonchev–Trinajstić information content (AvgIpc) is 3.21. The van der Waals surface area contributed by atoms with Crippen molar-refractivity contribution in [3.63, 3.8) is 0 Å². The van der Waals surface area contributed by atoms with Gasteiger partial charge in [0.05, 0.1) is 0 Å². The fraction of sp³-hybridized carbons (Fsp3) is 0.467. The second kappa shape index (κ2) is 6.12. The van der Waals surface area contributed by atoms with Crippen LogP contribution in [0.25, 0.3) is 0 Å². The van der Waals surface area contributed by atoms with Crippen molar-refractivity contribution in [2.75, 3.05) is 7.05 Å². The first-order chi connectivity index (χ1) is 10.2. The molecule has 1 aliphatic rings. The van der Waals surface area contributed by atoms with E-state index in [9.17, 15) is 4.39 Å². The Balaban J connectivity index is 1.70. The molecular formula is C15H17ClFN3O. The van der Waals surface area contributed by atoms with Crippen LogP contribution in [0, 0.1) is 11.7 Å². The molecule has 1 unspecified atom stereocenters. The number of hydrogen-bond acceptors (Lipinski definition) is 4. The third-order valence-corrected chi connectivity index (χ3v) is 4.22. The smallest absolute Gasteiger partial charge is 0.228 e. The Hall–Kier alpha value is -1.46. The molecule has 21 heavy (non-hydrogen) atoms. The van der Waals surface area contributed by atoms with Crippen LogP contribution in [-0.4, -0.2) is 23.2 Å². The van der Waals surface area contributed by atoms with Gasteiger partial charge < -0.3 is 9.84 Å². The Morgan fingerprint density at radius 1 is 1.48 bits per heavy atom. The monoisotopic (exact) mass is 309 g/mol. The summed E-state index contributed by atoms with van der Waals surface area (Å²) >= 11 is 6.01. The van der Waals surface area contributed by atoms with Crippen molar-refractivity contribution in [2.45, 2.75) is 31.7 Å². The summed E-state index contributed by atoms with van der Waals surface area (Å²) in [4.78, 5) is 4.34. The number of benzene rings is 1. The Labute approximate surface area is 127 Å². The highest BCUT2D eigenvalue weighted by atomic mass is 35.5. The largest absolute Gasteiger partial charge is 0.339 e. The lowest BCUT2D eigenvalue weighted by Gasteiger charge is -2.11. The molecule has 2 aromatic rings. The zero-order valence-corrected chi connectivity index (χ0v) is 12.5. The Morgan fingerprint density at radius 2 is 2.29 bits per heavy atom. The van der Waals surface area contributed by atoms with Crippen LogP contribution in [0.3, 0.4) is 0 Å². The molecule has 3 rings (SSSR count). The molecule has 0 amide bonds. The van der Waals surface area contributed by atoms with Crippen molar-refractivity contribution in [3.05, 3.63) is 46.3 Å². The van der Waals surface area contributed by atoms with E-state index in [0.717, 1.165) is 0 Å². The molecule has 112 valence electrons. The number of hydrogen-bond donors (Lipinski definition) is 1. The molecule has 1 N–H and O–H groups in total. The number of nitrogens with zero attached hydrogens (tertiary/aromatic N) is 2. The molecule has 4 nitrogen and oxygen atoms in total. The lowest BCUT2D eigenvalue weighted by atomic mass is 10.1. The molecule has 1 heterocycles. The summed E-state index contributed by atoms with van der Waals surface area (Å²) in [6, 6.07) is 4.99. The molecule has 1 fully saturated rings. The Kier molecular flexibility index (Phi) is 4.22. The Bertz CT molecular complexity index is 607. The van der Waals surface area contributed by atoms with Gasteiger partial charge in [0.1, 0.15) is 5.82 Å². The van der Waals surface area contributed by atoms with E-state index in [4.69, 9.17) is 16.1 Å². The maximum Gasteiger partial charge on any atom is 0.228 e. The van der Waals surface area contributed by atoms with Crippen LogP contribution in [0.5, 0.6) is 0 Å². The molecule has 1 aliphatic carbocycles. The molecule has 1 aromatic heterocycles. The third-order valence-electron chi connectivity index (χ3n) is 3.86. The van der Waals surface area contributed by atoms with Crippen molar-refractivity contribution >= 4 is 11.6 Å². The van der Waals surface area contributed by atoms with Gasteiger partial charge in [0.25, 0.3) is 0 Å². The lowest BCUT2D eigenvalue weighted by Crippen LogP contribution is -2.29. The zero-order valence-electron chi connectivity index (χ0n) is 11.8. The van der Waals surface area contributed by atoms with Crippen LogP contribution in [0.1, 0.15) is 30.1 Å². The van der Waals surface area contributed by atoms with E-state index in [-0.39, 0.29) is 12.2 Å². The highest BCUT2D eigenvalue weighted by molar-refractivity contribution is 6.31. The number of nitrogens with one attached hydrogen (secondary N) is 1. The van der Waals surface area contributed by atoms with Gasteiger partial charge in [-0.2, -0.15) is 4.98 Å². The van der Waals surface area contributed by atoms with E-state index < -0.39 is 0 Å². The first kappa shape index (κ1) is 14.5. The average molecular weight is 310 g/mol. The second-order valence-corrected chi connectivity index (χ2v) is 5.83. The van der Waals surface area contributed by atoms with Crippen LogP contribution >= 0.6 is 11.6 Å². The number of rotatable bonds is 6. The summed E-state index contributed by atoms with van der Waals surface area (Å²) in [5.41, 5.74) is 0.402.